The third kappa shape index (κ3) is 7.39. The van der Waals surface area contributed by atoms with Gasteiger partial charge < -0.3 is 10.2 Å². The molecule has 0 aliphatic carbocycles. The number of nitrogens with one attached hydrogen (secondary N) is 1. The van der Waals surface area contributed by atoms with E-state index in [2.05, 4.69) is 42.0 Å². The van der Waals surface area contributed by atoms with Gasteiger partial charge in [0.05, 0.1) is 0 Å². The van der Waals surface area contributed by atoms with Crippen LogP contribution in [0.4, 0.5) is 10.1 Å². The lowest BCUT2D eigenvalue weighted by molar-refractivity contribution is -0.129. The molecule has 1 N–H and O–H groups in total. The van der Waals surface area contributed by atoms with Gasteiger partial charge in [0.15, 0.2) is 0 Å². The zero-order valence-electron chi connectivity index (χ0n) is 14.9. The Hall–Kier alpha value is -1.49. The monoisotopic (exact) mass is 339 g/mol. The predicted molar refractivity (Wildman–Crippen MR) is 100 cm³/mol. The van der Waals surface area contributed by atoms with Crippen LogP contribution >= 0.6 is 0 Å². The summed E-state index contributed by atoms with van der Waals surface area (Å²) < 4.78 is 11.1. The minimum Gasteiger partial charge on any atom is -0.368 e. The van der Waals surface area contributed by atoms with E-state index in [4.69, 9.17) is 0 Å². The lowest BCUT2D eigenvalue weighted by Gasteiger charge is -2.35. The SMILES string of the molecule is C.CCCC(=O)F.CCCc1c(N2CCNC(C)C2)ccnc1C. The zero-order chi connectivity index (χ0) is 17.2. The van der Waals surface area contributed by atoms with E-state index in [1.165, 1.54) is 23.4 Å². The standard InChI is InChI=1S/C14H23N3.C4H7FO.CH4/c1-4-5-13-12(3)16-7-6-14(13)17-9-8-15-11(2)10-17;1-2-3-4(5)6;/h6-7,11,15H,4-5,8-10H2,1-3H3;2-3H2,1H3;1H4. The fourth-order valence-corrected chi connectivity index (χ4v) is 2.79. The summed E-state index contributed by atoms with van der Waals surface area (Å²) in [7, 11) is 0. The van der Waals surface area contributed by atoms with Gasteiger partial charge in [-0.05, 0) is 38.3 Å². The maximum absolute atomic E-state index is 11.1. The number of aryl methyl sites for hydroxylation is 1. The van der Waals surface area contributed by atoms with Gasteiger partial charge in [0, 0.05) is 49.7 Å². The zero-order valence-corrected chi connectivity index (χ0v) is 14.9. The van der Waals surface area contributed by atoms with E-state index >= 15 is 0 Å². The van der Waals surface area contributed by atoms with Crippen molar-refractivity contribution in [1.82, 2.24) is 10.3 Å². The molecule has 0 amide bonds. The van der Waals surface area contributed by atoms with Crippen molar-refractivity contribution in [3.63, 3.8) is 0 Å². The number of carbonyl (C=O) groups excluding carboxylic acids is 1. The summed E-state index contributed by atoms with van der Waals surface area (Å²) in [6, 6.07) is 1.54. The lowest BCUT2D eigenvalue weighted by atomic mass is 10.0. The molecule has 2 rings (SSSR count). The number of piperazine rings is 1. The fraction of sp³-hybridized carbons (Fsp3) is 0.684. The summed E-state index contributed by atoms with van der Waals surface area (Å²) in [5.41, 5.74) is 4.02. The van der Waals surface area contributed by atoms with E-state index in [1.54, 1.807) is 6.92 Å². The molecular weight excluding hydrogens is 305 g/mol. The van der Waals surface area contributed by atoms with E-state index < -0.39 is 6.04 Å². The summed E-state index contributed by atoms with van der Waals surface area (Å²) in [5, 5.41) is 3.49. The molecule has 1 aliphatic heterocycles. The quantitative estimate of drug-likeness (QED) is 0.822. The van der Waals surface area contributed by atoms with Crippen LogP contribution in [0.1, 0.15) is 58.7 Å². The number of hydrogen-bond acceptors (Lipinski definition) is 4. The molecule has 4 nitrogen and oxygen atoms in total. The van der Waals surface area contributed by atoms with Crippen LogP contribution in [0, 0.1) is 6.92 Å². The smallest absolute Gasteiger partial charge is 0.301 e. The van der Waals surface area contributed by atoms with E-state index in [9.17, 15) is 9.18 Å². The molecule has 5 heteroatoms. The second-order valence-corrected chi connectivity index (χ2v) is 6.05. The number of halogens is 1. The fourth-order valence-electron chi connectivity index (χ4n) is 2.79. The first-order valence-electron chi connectivity index (χ1n) is 8.60. The molecule has 0 saturated carbocycles. The third-order valence-electron chi connectivity index (χ3n) is 3.90. The van der Waals surface area contributed by atoms with Crippen molar-refractivity contribution in [3.8, 4) is 0 Å². The molecule has 1 aliphatic rings. The first kappa shape index (κ1) is 22.5. The average molecular weight is 339 g/mol. The van der Waals surface area contributed by atoms with Crippen molar-refractivity contribution in [1.29, 1.82) is 0 Å². The second kappa shape index (κ2) is 12.0. The average Bonchev–Trinajstić information content (AvgIpc) is 2.50. The minimum atomic E-state index is -1.21. The first-order valence-corrected chi connectivity index (χ1v) is 8.60. The van der Waals surface area contributed by atoms with Gasteiger partial charge in [0.1, 0.15) is 0 Å². The Morgan fingerprint density at radius 1 is 1.42 bits per heavy atom. The first-order chi connectivity index (χ1) is 11.0. The molecular formula is C19H34FN3O. The van der Waals surface area contributed by atoms with Crippen molar-refractivity contribution in [2.24, 2.45) is 0 Å². The molecule has 2 heterocycles. The van der Waals surface area contributed by atoms with Gasteiger partial charge in [-0.1, -0.05) is 27.7 Å². The van der Waals surface area contributed by atoms with Crippen LogP contribution in [0.15, 0.2) is 12.3 Å². The minimum absolute atomic E-state index is 0. The van der Waals surface area contributed by atoms with Gasteiger partial charge in [-0.2, -0.15) is 4.39 Å². The largest absolute Gasteiger partial charge is 0.368 e. The summed E-state index contributed by atoms with van der Waals surface area (Å²) in [4.78, 5) is 16.3. The number of aromatic nitrogens is 1. The highest BCUT2D eigenvalue weighted by Gasteiger charge is 2.18. The maximum atomic E-state index is 11.1. The Labute approximate surface area is 146 Å². The molecule has 1 aromatic rings. The summed E-state index contributed by atoms with van der Waals surface area (Å²) in [6.07, 6.45) is 4.93. The van der Waals surface area contributed by atoms with Gasteiger partial charge in [-0.15, -0.1) is 0 Å². The molecule has 0 radical (unpaired) electrons. The Balaban J connectivity index is 0.000000655. The van der Waals surface area contributed by atoms with E-state index in [-0.39, 0.29) is 13.8 Å². The van der Waals surface area contributed by atoms with Gasteiger partial charge in [-0.3, -0.25) is 9.78 Å². The van der Waals surface area contributed by atoms with Crippen molar-refractivity contribution in [3.05, 3.63) is 23.5 Å². The Kier molecular flexibility index (Phi) is 11.2. The number of anilines is 1. The molecule has 1 unspecified atom stereocenters. The number of pyridine rings is 1. The van der Waals surface area contributed by atoms with Crippen LogP contribution in [0.3, 0.4) is 0 Å². The Morgan fingerprint density at radius 3 is 2.62 bits per heavy atom. The highest BCUT2D eigenvalue weighted by atomic mass is 19.1. The molecule has 24 heavy (non-hydrogen) atoms. The summed E-state index contributed by atoms with van der Waals surface area (Å²) in [6.45, 7) is 11.6. The molecule has 1 atom stereocenters. The Morgan fingerprint density at radius 2 is 2.12 bits per heavy atom. The topological polar surface area (TPSA) is 45.2 Å². The predicted octanol–water partition coefficient (Wildman–Crippen LogP) is 4.06. The number of carbonyl (C=O) groups is 1. The third-order valence-corrected chi connectivity index (χ3v) is 3.90. The second-order valence-electron chi connectivity index (χ2n) is 6.05. The summed E-state index contributed by atoms with van der Waals surface area (Å²) in [5.74, 6) is 0. The van der Waals surface area contributed by atoms with Crippen molar-refractivity contribution < 1.29 is 9.18 Å². The summed E-state index contributed by atoms with van der Waals surface area (Å²) >= 11 is 0. The lowest BCUT2D eigenvalue weighted by Crippen LogP contribution is -2.49. The molecule has 0 aromatic carbocycles. The van der Waals surface area contributed by atoms with Gasteiger partial charge in [0.25, 0.3) is 0 Å². The number of rotatable bonds is 5. The van der Waals surface area contributed by atoms with Crippen LogP contribution in [0.2, 0.25) is 0 Å². The highest BCUT2D eigenvalue weighted by molar-refractivity contribution is 5.67. The molecule has 1 fully saturated rings. The van der Waals surface area contributed by atoms with Crippen molar-refractivity contribution >= 4 is 11.7 Å². The van der Waals surface area contributed by atoms with Crippen LogP contribution in [-0.2, 0) is 11.2 Å². The van der Waals surface area contributed by atoms with Crippen molar-refractivity contribution in [2.45, 2.75) is 66.8 Å². The van der Waals surface area contributed by atoms with Crippen LogP contribution < -0.4 is 10.2 Å². The van der Waals surface area contributed by atoms with Crippen LogP contribution in [-0.4, -0.2) is 36.7 Å². The maximum Gasteiger partial charge on any atom is 0.301 e. The van der Waals surface area contributed by atoms with Crippen molar-refractivity contribution in [2.75, 3.05) is 24.5 Å². The number of nitrogens with zero attached hydrogens (tertiary/aromatic N) is 2. The molecule has 138 valence electrons. The molecule has 1 aromatic heterocycles. The highest BCUT2D eigenvalue weighted by Crippen LogP contribution is 2.24. The van der Waals surface area contributed by atoms with E-state index in [0.29, 0.717) is 12.5 Å². The normalized spacial score (nSPS) is 16.7. The van der Waals surface area contributed by atoms with E-state index in [1.807, 2.05) is 6.20 Å². The molecule has 1 saturated heterocycles. The number of hydrogen-bond donors (Lipinski definition) is 1. The van der Waals surface area contributed by atoms with Gasteiger partial charge >= 0.3 is 6.04 Å². The van der Waals surface area contributed by atoms with Gasteiger partial charge in [-0.25, -0.2) is 0 Å². The van der Waals surface area contributed by atoms with Crippen LogP contribution in [0.5, 0.6) is 0 Å². The van der Waals surface area contributed by atoms with Crippen LogP contribution in [0.25, 0.3) is 0 Å². The molecule has 0 spiro atoms. The van der Waals surface area contributed by atoms with E-state index in [0.717, 1.165) is 26.1 Å². The molecule has 0 bridgehead atoms. The van der Waals surface area contributed by atoms with Gasteiger partial charge in [0.2, 0.25) is 0 Å². The Bertz CT molecular complexity index is 494.